The molecule has 0 saturated carbocycles. The van der Waals surface area contributed by atoms with Gasteiger partial charge in [-0.05, 0) is 92.3 Å². The highest BCUT2D eigenvalue weighted by atomic mass is 35.5. The van der Waals surface area contributed by atoms with Crippen LogP contribution in [0.1, 0.15) is 12.0 Å². The Morgan fingerprint density at radius 1 is 0.932 bits per heavy atom. The smallest absolute Gasteiger partial charge is 0.293 e. The van der Waals surface area contributed by atoms with Crippen LogP contribution >= 0.6 is 23.4 Å². The number of rotatable bonds is 16. The van der Waals surface area contributed by atoms with E-state index in [-0.39, 0.29) is 33.3 Å². The van der Waals surface area contributed by atoms with Crippen LogP contribution in [0.5, 0.6) is 0 Å². The van der Waals surface area contributed by atoms with E-state index < -0.39 is 26.5 Å². The van der Waals surface area contributed by atoms with Gasteiger partial charge in [-0.25, -0.2) is 22.8 Å². The maximum absolute atomic E-state index is 16.0. The van der Waals surface area contributed by atoms with Gasteiger partial charge in [-0.3, -0.25) is 19.7 Å². The predicted molar refractivity (Wildman–Crippen MR) is 236 cm³/mol. The number of nitro benzene ring substituents is 1. The largest absolute Gasteiger partial charge is 0.376 e. The maximum atomic E-state index is 16.0. The summed E-state index contributed by atoms with van der Waals surface area (Å²) in [6.45, 7) is 4.26. The third-order valence-electron chi connectivity index (χ3n) is 10.2. The Morgan fingerprint density at radius 3 is 2.39 bits per heavy atom. The minimum atomic E-state index is -4.45. The second-order valence-corrected chi connectivity index (χ2v) is 17.8. The monoisotopic (exact) mass is 854 g/mol. The summed E-state index contributed by atoms with van der Waals surface area (Å²) in [7, 11) is -0.538. The molecule has 0 aliphatic carbocycles. The number of hydrogen-bond acceptors (Lipinski definition) is 11. The number of halogens is 2. The van der Waals surface area contributed by atoms with E-state index in [4.69, 9.17) is 11.6 Å². The van der Waals surface area contributed by atoms with Crippen molar-refractivity contribution >= 4 is 67.2 Å². The van der Waals surface area contributed by atoms with E-state index >= 15 is 4.39 Å². The summed E-state index contributed by atoms with van der Waals surface area (Å²) in [4.78, 5) is 27.2. The average Bonchev–Trinajstić information content (AvgIpc) is 3.22. The van der Waals surface area contributed by atoms with Gasteiger partial charge in [0.1, 0.15) is 17.8 Å². The van der Waals surface area contributed by atoms with E-state index in [0.717, 1.165) is 54.6 Å². The van der Waals surface area contributed by atoms with Crippen LogP contribution in [0.2, 0.25) is 5.02 Å². The summed E-state index contributed by atoms with van der Waals surface area (Å²) in [5.74, 6) is -0.339. The van der Waals surface area contributed by atoms with Gasteiger partial charge in [-0.1, -0.05) is 66.2 Å². The van der Waals surface area contributed by atoms with Gasteiger partial charge in [0, 0.05) is 66.2 Å². The van der Waals surface area contributed by atoms with Crippen molar-refractivity contribution in [2.24, 2.45) is 0 Å². The summed E-state index contributed by atoms with van der Waals surface area (Å²) in [5.41, 5.74) is 4.08. The van der Waals surface area contributed by atoms with E-state index in [1.807, 2.05) is 85.7 Å². The van der Waals surface area contributed by atoms with E-state index in [1.54, 1.807) is 17.8 Å². The number of hydrogen-bond donors (Lipinski definition) is 2. The summed E-state index contributed by atoms with van der Waals surface area (Å²) < 4.78 is 45.8. The van der Waals surface area contributed by atoms with Crippen LogP contribution in [0, 0.1) is 15.9 Å². The maximum Gasteiger partial charge on any atom is 0.293 e. The zero-order chi connectivity index (χ0) is 41.5. The molecule has 59 heavy (non-hydrogen) atoms. The standard InChI is InChI=1S/C43H44ClFN8O4S2/c1-50(2)19-18-33(28-58-35-9-4-3-5-10-35)48-39-17-16-36(26-41(39)53(54)55)59(56,57)49-43-42-38(45)24-34(25-40(42)46-29-47-43)52-22-20-51(21-23-52)27-31-8-6-7-11-37(31)30-12-14-32(44)15-13-30/h3-17,24-26,29,33,48H,18-23,27-28H2,1-2H3,(H,46,47,49). The number of anilines is 3. The second kappa shape index (κ2) is 18.7. The summed E-state index contributed by atoms with van der Waals surface area (Å²) in [5, 5.41) is 16.2. The van der Waals surface area contributed by atoms with Crippen molar-refractivity contribution in [3.63, 3.8) is 0 Å². The molecule has 1 aliphatic rings. The molecule has 0 spiro atoms. The lowest BCUT2D eigenvalue weighted by molar-refractivity contribution is -0.384. The summed E-state index contributed by atoms with van der Waals surface area (Å²) >= 11 is 7.75. The first-order valence-corrected chi connectivity index (χ1v) is 21.9. The molecular weight excluding hydrogens is 811 g/mol. The fourth-order valence-corrected chi connectivity index (χ4v) is 9.21. The Hall–Kier alpha value is -5.32. The normalized spacial score (nSPS) is 14.1. The molecule has 1 aliphatic heterocycles. The number of thioether (sulfide) groups is 1. The molecule has 12 nitrogen and oxygen atoms in total. The van der Waals surface area contributed by atoms with Crippen LogP contribution in [0.3, 0.4) is 0 Å². The van der Waals surface area contributed by atoms with Gasteiger partial charge < -0.3 is 15.1 Å². The zero-order valence-corrected chi connectivity index (χ0v) is 35.0. The highest BCUT2D eigenvalue weighted by molar-refractivity contribution is 7.99. The number of aromatic nitrogens is 2. The van der Waals surface area contributed by atoms with Crippen LogP contribution in [0.25, 0.3) is 22.0 Å². The topological polar surface area (TPSA) is 137 Å². The highest BCUT2D eigenvalue weighted by Gasteiger charge is 2.26. The van der Waals surface area contributed by atoms with Crippen LogP contribution in [0.4, 0.5) is 27.3 Å². The number of benzene rings is 5. The lowest BCUT2D eigenvalue weighted by atomic mass is 9.99. The Labute approximate surface area is 352 Å². The third-order valence-corrected chi connectivity index (χ3v) is 12.9. The molecule has 1 atom stereocenters. The number of nitrogens with one attached hydrogen (secondary N) is 2. The van der Waals surface area contributed by atoms with Crippen LogP contribution in [-0.2, 0) is 16.6 Å². The summed E-state index contributed by atoms with van der Waals surface area (Å²) in [6.07, 6.45) is 1.85. The minimum Gasteiger partial charge on any atom is -0.376 e. The number of nitro groups is 1. The lowest BCUT2D eigenvalue weighted by Crippen LogP contribution is -2.46. The number of piperazine rings is 1. The molecule has 1 fully saturated rings. The molecule has 7 rings (SSSR count). The van der Waals surface area contributed by atoms with Gasteiger partial charge in [-0.15, -0.1) is 11.8 Å². The summed E-state index contributed by atoms with van der Waals surface area (Å²) in [6, 6.07) is 32.6. The van der Waals surface area contributed by atoms with Crippen molar-refractivity contribution in [3.05, 3.63) is 142 Å². The second-order valence-electron chi connectivity index (χ2n) is 14.6. The van der Waals surface area contributed by atoms with E-state index in [1.165, 1.54) is 23.8 Å². The molecule has 2 heterocycles. The molecule has 1 aromatic heterocycles. The predicted octanol–water partition coefficient (Wildman–Crippen LogP) is 8.65. The fraction of sp³-hybridized carbons (Fsp3) is 0.256. The van der Waals surface area contributed by atoms with Crippen LogP contribution in [0.15, 0.2) is 125 Å². The molecule has 306 valence electrons. The van der Waals surface area contributed by atoms with Gasteiger partial charge in [0.25, 0.3) is 15.7 Å². The van der Waals surface area contributed by atoms with Gasteiger partial charge in [-0.2, -0.15) is 0 Å². The molecule has 0 amide bonds. The number of sulfonamides is 1. The van der Waals surface area contributed by atoms with Crippen molar-refractivity contribution in [1.29, 1.82) is 0 Å². The van der Waals surface area contributed by atoms with Crippen molar-refractivity contribution in [1.82, 2.24) is 19.8 Å². The highest BCUT2D eigenvalue weighted by Crippen LogP contribution is 2.34. The van der Waals surface area contributed by atoms with Gasteiger partial charge in [0.05, 0.1) is 20.7 Å². The fourth-order valence-electron chi connectivity index (χ4n) is 7.04. The number of nitrogens with zero attached hydrogens (tertiary/aromatic N) is 6. The Morgan fingerprint density at radius 2 is 1.66 bits per heavy atom. The van der Waals surface area contributed by atoms with Crippen LogP contribution < -0.4 is 14.9 Å². The first kappa shape index (κ1) is 41.8. The van der Waals surface area contributed by atoms with Gasteiger partial charge in [0.15, 0.2) is 5.82 Å². The van der Waals surface area contributed by atoms with Crippen LogP contribution in [-0.4, -0.2) is 91.7 Å². The first-order valence-electron chi connectivity index (χ1n) is 19.1. The SMILES string of the molecule is CN(C)CCC(CSc1ccccc1)Nc1ccc(S(=O)(=O)Nc2ncnc3cc(N4CCN(Cc5ccccc5-c5ccc(Cl)cc5)CC4)cc(F)c23)cc1[N+](=O)[O-]. The average molecular weight is 855 g/mol. The Bertz CT molecular complexity index is 2530. The van der Waals surface area contributed by atoms with Crippen molar-refractivity contribution in [2.45, 2.75) is 28.8 Å². The molecule has 6 aromatic rings. The molecule has 1 unspecified atom stereocenters. The molecular formula is C43H44ClFN8O4S2. The molecule has 0 bridgehead atoms. The Balaban J connectivity index is 1.04. The minimum absolute atomic E-state index is 0.107. The van der Waals surface area contributed by atoms with Crippen molar-refractivity contribution < 1.29 is 17.7 Å². The zero-order valence-electron chi connectivity index (χ0n) is 32.6. The quantitative estimate of drug-likeness (QED) is 0.0550. The van der Waals surface area contributed by atoms with Gasteiger partial charge >= 0.3 is 0 Å². The molecule has 0 radical (unpaired) electrons. The lowest BCUT2D eigenvalue weighted by Gasteiger charge is -2.36. The third kappa shape index (κ3) is 10.5. The molecule has 2 N–H and O–H groups in total. The molecule has 5 aromatic carbocycles. The van der Waals surface area contributed by atoms with Gasteiger partial charge in [0.2, 0.25) is 0 Å². The number of fused-ring (bicyclic) bond motifs is 1. The van der Waals surface area contributed by atoms with E-state index in [0.29, 0.717) is 36.0 Å². The van der Waals surface area contributed by atoms with E-state index in [2.05, 4.69) is 41.9 Å². The van der Waals surface area contributed by atoms with Crippen molar-refractivity contribution in [3.8, 4) is 11.1 Å². The molecule has 16 heteroatoms. The van der Waals surface area contributed by atoms with E-state index in [9.17, 15) is 18.5 Å². The first-order chi connectivity index (χ1) is 28.4. The van der Waals surface area contributed by atoms with Crippen molar-refractivity contribution in [2.75, 3.05) is 67.5 Å². The Kier molecular flexibility index (Phi) is 13.3. The molecule has 1 saturated heterocycles.